The fraction of sp³-hybridized carbons (Fsp3) is 0.429. The first kappa shape index (κ1) is 19.2. The third-order valence-corrected chi connectivity index (χ3v) is 3.97. The lowest BCUT2D eigenvalue weighted by atomic mass is 10.0. The molecule has 0 saturated carbocycles. The van der Waals surface area contributed by atoms with Gasteiger partial charge in [-0.3, -0.25) is 9.58 Å². The van der Waals surface area contributed by atoms with Gasteiger partial charge in [-0.05, 0) is 17.7 Å². The Bertz CT molecular complexity index is 589. The number of benzene rings is 1. The molecule has 1 saturated heterocycles. The summed E-state index contributed by atoms with van der Waals surface area (Å²) >= 11 is 6.11. The molecule has 1 aromatic carbocycles. The van der Waals surface area contributed by atoms with Crippen molar-refractivity contribution in [3.05, 3.63) is 47.0 Å². The summed E-state index contributed by atoms with van der Waals surface area (Å²) in [5.74, 6) is 0.985. The largest absolute Gasteiger partial charge is 0.314 e. The fourth-order valence-electron chi connectivity index (χ4n) is 2.62. The van der Waals surface area contributed by atoms with Gasteiger partial charge in [0, 0.05) is 37.7 Å². The zero-order chi connectivity index (χ0) is 13.9. The van der Waals surface area contributed by atoms with Crippen LogP contribution in [0.15, 0.2) is 30.6 Å². The van der Waals surface area contributed by atoms with E-state index >= 15 is 0 Å². The van der Waals surface area contributed by atoms with E-state index in [1.807, 2.05) is 29.9 Å². The maximum Gasteiger partial charge on any atom is 0.140 e. The van der Waals surface area contributed by atoms with E-state index in [4.69, 9.17) is 11.6 Å². The standard InChI is InChI=1S/C14H18ClN5.2ClH/c1-19-14(17-10-18-19)9-20-6-5-16-8-13(20)11-3-2-4-12(15)7-11;;/h2-4,7,10,13,16H,5-6,8-9H2,1H3;2*1H. The van der Waals surface area contributed by atoms with Crippen LogP contribution in [0.5, 0.6) is 0 Å². The summed E-state index contributed by atoms with van der Waals surface area (Å²) in [6, 6.07) is 8.41. The number of rotatable bonds is 3. The molecule has 1 N–H and O–H groups in total. The lowest BCUT2D eigenvalue weighted by Gasteiger charge is -2.36. The van der Waals surface area contributed by atoms with E-state index in [9.17, 15) is 0 Å². The van der Waals surface area contributed by atoms with Crippen molar-refractivity contribution in [3.63, 3.8) is 0 Å². The van der Waals surface area contributed by atoms with Crippen molar-refractivity contribution < 1.29 is 0 Å². The molecule has 0 amide bonds. The lowest BCUT2D eigenvalue weighted by Crippen LogP contribution is -2.45. The van der Waals surface area contributed by atoms with Gasteiger partial charge < -0.3 is 5.32 Å². The predicted molar refractivity (Wildman–Crippen MR) is 93.0 cm³/mol. The molecule has 1 unspecified atom stereocenters. The summed E-state index contributed by atoms with van der Waals surface area (Å²) in [7, 11) is 1.93. The number of hydrogen-bond acceptors (Lipinski definition) is 4. The Morgan fingerprint density at radius 2 is 2.18 bits per heavy atom. The Morgan fingerprint density at radius 1 is 1.36 bits per heavy atom. The van der Waals surface area contributed by atoms with E-state index in [1.165, 1.54) is 5.56 Å². The molecule has 1 aliphatic heterocycles. The minimum Gasteiger partial charge on any atom is -0.314 e. The van der Waals surface area contributed by atoms with Crippen LogP contribution in [0, 0.1) is 0 Å². The third kappa shape index (κ3) is 4.33. The quantitative estimate of drug-likeness (QED) is 0.909. The van der Waals surface area contributed by atoms with E-state index < -0.39 is 0 Å². The summed E-state index contributed by atoms with van der Waals surface area (Å²) in [6.07, 6.45) is 1.60. The number of aromatic nitrogens is 3. The maximum absolute atomic E-state index is 6.11. The minimum atomic E-state index is 0. The average Bonchev–Trinajstić information content (AvgIpc) is 2.85. The molecule has 2 aromatic rings. The number of aryl methyl sites for hydroxylation is 1. The molecular formula is C14H20Cl3N5. The molecule has 5 nitrogen and oxygen atoms in total. The van der Waals surface area contributed by atoms with Crippen molar-refractivity contribution in [2.24, 2.45) is 7.05 Å². The first-order valence-corrected chi connectivity index (χ1v) is 7.15. The Morgan fingerprint density at radius 3 is 2.86 bits per heavy atom. The Labute approximate surface area is 147 Å². The van der Waals surface area contributed by atoms with Gasteiger partial charge in [0.25, 0.3) is 0 Å². The van der Waals surface area contributed by atoms with Gasteiger partial charge in [0.05, 0.1) is 6.54 Å². The molecule has 0 radical (unpaired) electrons. The second-order valence-electron chi connectivity index (χ2n) is 5.05. The first-order chi connectivity index (χ1) is 9.74. The van der Waals surface area contributed by atoms with Gasteiger partial charge in [-0.2, -0.15) is 5.10 Å². The predicted octanol–water partition coefficient (Wildman–Crippen LogP) is 2.46. The lowest BCUT2D eigenvalue weighted by molar-refractivity contribution is 0.148. The van der Waals surface area contributed by atoms with Gasteiger partial charge in [-0.1, -0.05) is 23.7 Å². The molecule has 0 aliphatic carbocycles. The van der Waals surface area contributed by atoms with Crippen molar-refractivity contribution in [1.82, 2.24) is 25.0 Å². The molecule has 122 valence electrons. The van der Waals surface area contributed by atoms with E-state index in [1.54, 1.807) is 6.33 Å². The summed E-state index contributed by atoms with van der Waals surface area (Å²) < 4.78 is 1.83. The highest BCUT2D eigenvalue weighted by Gasteiger charge is 2.25. The molecule has 1 aromatic heterocycles. The molecule has 1 fully saturated rings. The molecule has 1 aliphatic rings. The SMILES string of the molecule is Cl.Cl.Cn1ncnc1CN1CCNCC1c1cccc(Cl)c1. The monoisotopic (exact) mass is 363 g/mol. The summed E-state index contributed by atoms with van der Waals surface area (Å²) in [5, 5.41) is 8.37. The van der Waals surface area contributed by atoms with Crippen molar-refractivity contribution in [1.29, 1.82) is 0 Å². The molecule has 0 spiro atoms. The highest BCUT2D eigenvalue weighted by molar-refractivity contribution is 6.30. The summed E-state index contributed by atoms with van der Waals surface area (Å²) in [4.78, 5) is 6.74. The molecule has 0 bridgehead atoms. The van der Waals surface area contributed by atoms with E-state index in [2.05, 4.69) is 26.4 Å². The number of piperazine rings is 1. The van der Waals surface area contributed by atoms with Crippen LogP contribution in [0.2, 0.25) is 5.02 Å². The number of nitrogens with one attached hydrogen (secondary N) is 1. The Balaban J connectivity index is 0.00000121. The summed E-state index contributed by atoms with van der Waals surface area (Å²) in [6.45, 7) is 3.71. The van der Waals surface area contributed by atoms with Crippen LogP contribution in [-0.4, -0.2) is 39.3 Å². The zero-order valence-electron chi connectivity index (χ0n) is 12.3. The molecular weight excluding hydrogens is 345 g/mol. The van der Waals surface area contributed by atoms with Crippen LogP contribution in [0.1, 0.15) is 17.4 Å². The second kappa shape index (κ2) is 8.70. The second-order valence-corrected chi connectivity index (χ2v) is 5.48. The fourth-order valence-corrected chi connectivity index (χ4v) is 2.82. The van der Waals surface area contributed by atoms with Gasteiger partial charge in [0.15, 0.2) is 0 Å². The minimum absolute atomic E-state index is 0. The van der Waals surface area contributed by atoms with Crippen LogP contribution >= 0.6 is 36.4 Å². The molecule has 1 atom stereocenters. The normalized spacial score (nSPS) is 18.4. The van der Waals surface area contributed by atoms with Crippen molar-refractivity contribution in [2.75, 3.05) is 19.6 Å². The maximum atomic E-state index is 6.11. The highest BCUT2D eigenvalue weighted by atomic mass is 35.5. The Kier molecular flexibility index (Phi) is 7.59. The van der Waals surface area contributed by atoms with E-state index in [0.717, 1.165) is 37.0 Å². The highest BCUT2D eigenvalue weighted by Crippen LogP contribution is 2.25. The van der Waals surface area contributed by atoms with Crippen LogP contribution in [0.4, 0.5) is 0 Å². The number of nitrogens with zero attached hydrogens (tertiary/aromatic N) is 4. The van der Waals surface area contributed by atoms with Gasteiger partial charge >= 0.3 is 0 Å². The molecule has 8 heteroatoms. The van der Waals surface area contributed by atoms with Gasteiger partial charge in [-0.25, -0.2) is 4.98 Å². The smallest absolute Gasteiger partial charge is 0.140 e. The van der Waals surface area contributed by atoms with Gasteiger partial charge in [0.2, 0.25) is 0 Å². The first-order valence-electron chi connectivity index (χ1n) is 6.77. The van der Waals surface area contributed by atoms with Crippen molar-refractivity contribution in [2.45, 2.75) is 12.6 Å². The average molecular weight is 365 g/mol. The topological polar surface area (TPSA) is 46.0 Å². The van der Waals surface area contributed by atoms with Crippen molar-refractivity contribution >= 4 is 36.4 Å². The van der Waals surface area contributed by atoms with Crippen LogP contribution in [-0.2, 0) is 13.6 Å². The van der Waals surface area contributed by atoms with Crippen LogP contribution in [0.3, 0.4) is 0 Å². The van der Waals surface area contributed by atoms with Crippen molar-refractivity contribution in [3.8, 4) is 0 Å². The third-order valence-electron chi connectivity index (χ3n) is 3.74. The van der Waals surface area contributed by atoms with E-state index in [0.29, 0.717) is 6.04 Å². The molecule has 2 heterocycles. The van der Waals surface area contributed by atoms with Gasteiger partial charge in [0.1, 0.15) is 12.2 Å². The molecule has 22 heavy (non-hydrogen) atoms. The molecule has 3 rings (SSSR count). The van der Waals surface area contributed by atoms with E-state index in [-0.39, 0.29) is 24.8 Å². The number of halogens is 3. The zero-order valence-corrected chi connectivity index (χ0v) is 14.7. The summed E-state index contributed by atoms with van der Waals surface area (Å²) in [5.41, 5.74) is 1.24. The van der Waals surface area contributed by atoms with Gasteiger partial charge in [-0.15, -0.1) is 24.8 Å². The van der Waals surface area contributed by atoms with Crippen LogP contribution < -0.4 is 5.32 Å². The number of hydrogen-bond donors (Lipinski definition) is 1. The van der Waals surface area contributed by atoms with Crippen LogP contribution in [0.25, 0.3) is 0 Å². The Hall–Kier alpha value is -0.850.